The van der Waals surface area contributed by atoms with Gasteiger partial charge in [-0.25, -0.2) is 14.2 Å². The fourth-order valence-electron chi connectivity index (χ4n) is 3.18. The molecule has 2 heterocycles. The van der Waals surface area contributed by atoms with E-state index in [2.05, 4.69) is 10.1 Å². The first-order chi connectivity index (χ1) is 14.6. The second-order valence-corrected chi connectivity index (χ2v) is 7.46. The maximum Gasteiger partial charge on any atom is 0.416 e. The molecule has 1 N–H and O–H groups in total. The van der Waals surface area contributed by atoms with Crippen LogP contribution < -0.4 is 0 Å². The predicted molar refractivity (Wildman–Crippen MR) is 107 cm³/mol. The number of rotatable bonds is 4. The van der Waals surface area contributed by atoms with E-state index in [1.807, 2.05) is 0 Å². The summed E-state index contributed by atoms with van der Waals surface area (Å²) >= 11 is 1.09. The molecule has 0 aliphatic heterocycles. The minimum Gasteiger partial charge on any atom is -0.476 e. The van der Waals surface area contributed by atoms with Gasteiger partial charge in [0.15, 0.2) is 5.69 Å². The monoisotopic (exact) mass is 447 g/mol. The van der Waals surface area contributed by atoms with Crippen LogP contribution in [0.25, 0.3) is 27.5 Å². The summed E-state index contributed by atoms with van der Waals surface area (Å²) < 4.78 is 53.1. The number of alkyl halides is 3. The van der Waals surface area contributed by atoms with Crippen LogP contribution in [0.1, 0.15) is 21.7 Å². The number of aryl methyl sites for hydroxylation is 1. The third kappa shape index (κ3) is 3.93. The van der Waals surface area contributed by atoms with E-state index in [0.29, 0.717) is 22.5 Å². The van der Waals surface area contributed by atoms with Gasteiger partial charge in [0, 0.05) is 16.5 Å². The van der Waals surface area contributed by atoms with Crippen molar-refractivity contribution in [1.29, 1.82) is 0 Å². The molecule has 0 spiro atoms. The van der Waals surface area contributed by atoms with Gasteiger partial charge in [-0.1, -0.05) is 24.3 Å². The van der Waals surface area contributed by atoms with Gasteiger partial charge in [0.25, 0.3) is 0 Å². The largest absolute Gasteiger partial charge is 0.476 e. The lowest BCUT2D eigenvalue weighted by Crippen LogP contribution is -2.09. The summed E-state index contributed by atoms with van der Waals surface area (Å²) in [4.78, 5) is 16.4. The summed E-state index contributed by atoms with van der Waals surface area (Å²) in [7, 11) is 0. The number of aromatic nitrogens is 3. The maximum atomic E-state index is 13.7. The van der Waals surface area contributed by atoms with E-state index in [1.54, 1.807) is 18.4 Å². The summed E-state index contributed by atoms with van der Waals surface area (Å²) in [6.45, 7) is 1.60. The first-order valence-electron chi connectivity index (χ1n) is 8.87. The van der Waals surface area contributed by atoms with E-state index in [4.69, 9.17) is 0 Å². The highest BCUT2D eigenvalue weighted by Crippen LogP contribution is 2.33. The van der Waals surface area contributed by atoms with Crippen LogP contribution in [0.15, 0.2) is 53.9 Å². The Bertz CT molecular complexity index is 1280. The number of nitrogens with zero attached hydrogens (tertiary/aromatic N) is 3. The van der Waals surface area contributed by atoms with Crippen molar-refractivity contribution in [3.8, 4) is 27.5 Å². The maximum absolute atomic E-state index is 13.7. The van der Waals surface area contributed by atoms with Crippen LogP contribution in [0, 0.1) is 12.7 Å². The zero-order valence-corrected chi connectivity index (χ0v) is 16.6. The SMILES string of the molecule is Cc1nn(-c2nc(-c3ccc(C(F)(F)F)cc3)cs2)c(C(=O)O)c1-c1cccc(F)c1. The Labute approximate surface area is 177 Å². The summed E-state index contributed by atoms with van der Waals surface area (Å²) in [5.74, 6) is -1.79. The molecule has 158 valence electrons. The van der Waals surface area contributed by atoms with Crippen molar-refractivity contribution >= 4 is 17.3 Å². The molecular formula is C21H13F4N3O2S. The van der Waals surface area contributed by atoms with Gasteiger partial charge in [-0.3, -0.25) is 0 Å². The first-order valence-corrected chi connectivity index (χ1v) is 9.75. The van der Waals surface area contributed by atoms with Crippen molar-refractivity contribution in [3.63, 3.8) is 0 Å². The molecule has 0 amide bonds. The zero-order valence-electron chi connectivity index (χ0n) is 15.8. The van der Waals surface area contributed by atoms with Crippen molar-refractivity contribution in [2.45, 2.75) is 13.1 Å². The molecular weight excluding hydrogens is 434 g/mol. The van der Waals surface area contributed by atoms with E-state index in [0.717, 1.165) is 28.2 Å². The highest BCUT2D eigenvalue weighted by molar-refractivity contribution is 7.12. The Morgan fingerprint density at radius 3 is 2.42 bits per heavy atom. The molecule has 31 heavy (non-hydrogen) atoms. The molecule has 4 aromatic rings. The fourth-order valence-corrected chi connectivity index (χ4v) is 3.97. The summed E-state index contributed by atoms with van der Waals surface area (Å²) in [6.07, 6.45) is -4.44. The lowest BCUT2D eigenvalue weighted by Gasteiger charge is -2.06. The number of carboxylic acid groups (broad SMARTS) is 1. The molecule has 0 fully saturated rings. The molecule has 0 atom stereocenters. The average Bonchev–Trinajstić information content (AvgIpc) is 3.32. The van der Waals surface area contributed by atoms with Crippen molar-refractivity contribution in [1.82, 2.24) is 14.8 Å². The molecule has 2 aromatic heterocycles. The smallest absolute Gasteiger partial charge is 0.416 e. The van der Waals surface area contributed by atoms with E-state index in [-0.39, 0.29) is 16.4 Å². The van der Waals surface area contributed by atoms with Gasteiger partial charge in [0.05, 0.1) is 17.0 Å². The molecule has 0 aliphatic carbocycles. The molecule has 0 unspecified atom stereocenters. The number of carbonyl (C=O) groups is 1. The van der Waals surface area contributed by atoms with Crippen molar-refractivity contribution in [2.24, 2.45) is 0 Å². The normalized spacial score (nSPS) is 11.6. The highest BCUT2D eigenvalue weighted by atomic mass is 32.1. The van der Waals surface area contributed by atoms with Gasteiger partial charge in [0.1, 0.15) is 5.82 Å². The topological polar surface area (TPSA) is 68.0 Å². The molecule has 10 heteroatoms. The fraction of sp³-hybridized carbons (Fsp3) is 0.0952. The summed E-state index contributed by atoms with van der Waals surface area (Å²) in [6, 6.07) is 10.0. The van der Waals surface area contributed by atoms with Crippen LogP contribution in [0.2, 0.25) is 0 Å². The highest BCUT2D eigenvalue weighted by Gasteiger charge is 2.30. The van der Waals surface area contributed by atoms with E-state index in [9.17, 15) is 27.5 Å². The summed E-state index contributed by atoms with van der Waals surface area (Å²) in [5, 5.41) is 15.9. The number of hydrogen-bond donors (Lipinski definition) is 1. The van der Waals surface area contributed by atoms with E-state index < -0.39 is 23.5 Å². The Kier molecular flexibility index (Phi) is 5.10. The molecule has 0 aliphatic rings. The van der Waals surface area contributed by atoms with Crippen LogP contribution in [-0.2, 0) is 6.18 Å². The molecule has 4 rings (SSSR count). The lowest BCUT2D eigenvalue weighted by molar-refractivity contribution is -0.137. The van der Waals surface area contributed by atoms with E-state index in [1.165, 1.54) is 30.3 Å². The van der Waals surface area contributed by atoms with E-state index >= 15 is 0 Å². The molecule has 0 bridgehead atoms. The van der Waals surface area contributed by atoms with Crippen LogP contribution in [0.4, 0.5) is 17.6 Å². The van der Waals surface area contributed by atoms with Crippen LogP contribution in [0.5, 0.6) is 0 Å². The Morgan fingerprint density at radius 1 is 1.10 bits per heavy atom. The third-order valence-electron chi connectivity index (χ3n) is 4.56. The van der Waals surface area contributed by atoms with Crippen molar-refractivity contribution < 1.29 is 27.5 Å². The Balaban J connectivity index is 1.77. The number of hydrogen-bond acceptors (Lipinski definition) is 4. The third-order valence-corrected chi connectivity index (χ3v) is 5.37. The molecule has 5 nitrogen and oxygen atoms in total. The number of aromatic carboxylic acids is 1. The van der Waals surface area contributed by atoms with Gasteiger partial charge in [-0.05, 0) is 36.8 Å². The van der Waals surface area contributed by atoms with Gasteiger partial charge >= 0.3 is 12.1 Å². The Morgan fingerprint density at radius 2 is 1.81 bits per heavy atom. The predicted octanol–water partition coefficient (Wildman–Crippen LogP) is 5.83. The molecule has 2 aromatic carbocycles. The Hall–Kier alpha value is -3.53. The van der Waals surface area contributed by atoms with Crippen LogP contribution in [0.3, 0.4) is 0 Å². The standard InChI is InChI=1S/C21H13F4N3O2S/c1-11-17(13-3-2-4-15(22)9-13)18(19(29)30)28(27-11)20-26-16(10-31-20)12-5-7-14(8-6-12)21(23,24)25/h2-10H,1H3,(H,29,30). The minimum atomic E-state index is -4.44. The van der Waals surface area contributed by atoms with Gasteiger partial charge < -0.3 is 5.11 Å². The zero-order chi connectivity index (χ0) is 22.3. The average molecular weight is 447 g/mol. The van der Waals surface area contributed by atoms with Gasteiger partial charge in [-0.15, -0.1) is 11.3 Å². The molecule has 0 radical (unpaired) electrons. The lowest BCUT2D eigenvalue weighted by atomic mass is 10.0. The minimum absolute atomic E-state index is 0.184. The van der Waals surface area contributed by atoms with Gasteiger partial charge in [0.2, 0.25) is 5.13 Å². The number of carboxylic acids is 1. The second-order valence-electron chi connectivity index (χ2n) is 6.63. The molecule has 0 saturated heterocycles. The quantitative estimate of drug-likeness (QED) is 0.400. The number of benzene rings is 2. The van der Waals surface area contributed by atoms with Crippen LogP contribution in [-0.4, -0.2) is 25.8 Å². The summed E-state index contributed by atoms with van der Waals surface area (Å²) in [5.41, 5.74) is 0.860. The first kappa shape index (κ1) is 20.7. The van der Waals surface area contributed by atoms with Gasteiger partial charge in [-0.2, -0.15) is 23.0 Å². The van der Waals surface area contributed by atoms with Crippen LogP contribution >= 0.6 is 11.3 Å². The second kappa shape index (κ2) is 7.62. The number of halogens is 4. The molecule has 0 saturated carbocycles. The number of thiazole rings is 1. The van der Waals surface area contributed by atoms with Crippen molar-refractivity contribution in [3.05, 3.63) is 76.7 Å². The van der Waals surface area contributed by atoms with Crippen molar-refractivity contribution in [2.75, 3.05) is 0 Å².